The molecule has 1 aromatic rings. The van der Waals surface area contributed by atoms with E-state index < -0.39 is 0 Å². The maximum absolute atomic E-state index is 11.6. The molecule has 0 saturated carbocycles. The van der Waals surface area contributed by atoms with Crippen LogP contribution in [-0.4, -0.2) is 24.1 Å². The van der Waals surface area contributed by atoms with Crippen molar-refractivity contribution in [2.45, 2.75) is 33.1 Å². The minimum atomic E-state index is -0.287. The largest absolute Gasteiger partial charge is 0.347 e. The fourth-order valence-corrected chi connectivity index (χ4v) is 1.60. The molecule has 0 spiro atoms. The molecule has 0 saturated heterocycles. The van der Waals surface area contributed by atoms with E-state index in [0.29, 0.717) is 17.7 Å². The number of carbonyl (C=O) groups excluding carboxylic acids is 3. The van der Waals surface area contributed by atoms with Gasteiger partial charge >= 0.3 is 0 Å². The Labute approximate surface area is 118 Å². The summed E-state index contributed by atoms with van der Waals surface area (Å²) in [4.78, 5) is 34.1. The zero-order valence-corrected chi connectivity index (χ0v) is 11.9. The van der Waals surface area contributed by atoms with Gasteiger partial charge in [0.05, 0.1) is 6.54 Å². The number of Topliss-reactive ketones (excluding diaryl/α,β-unsaturated/α-hetero) is 1. The molecule has 0 fully saturated rings. The van der Waals surface area contributed by atoms with Crippen LogP contribution >= 0.6 is 0 Å². The molecule has 0 heterocycles. The molecule has 108 valence electrons. The van der Waals surface area contributed by atoms with E-state index in [9.17, 15) is 14.4 Å². The van der Waals surface area contributed by atoms with Gasteiger partial charge < -0.3 is 10.6 Å². The van der Waals surface area contributed by atoms with E-state index in [4.69, 9.17) is 0 Å². The molecule has 0 aliphatic rings. The molecular weight excluding hydrogens is 256 g/mol. The van der Waals surface area contributed by atoms with Crippen LogP contribution in [0.2, 0.25) is 0 Å². The molecule has 2 N–H and O–H groups in total. The summed E-state index contributed by atoms with van der Waals surface area (Å²) < 4.78 is 0. The fourth-order valence-electron chi connectivity index (χ4n) is 1.60. The number of anilines is 1. The molecule has 0 unspecified atom stereocenters. The zero-order chi connectivity index (χ0) is 15.0. The third-order valence-corrected chi connectivity index (χ3v) is 2.78. The first-order valence-corrected chi connectivity index (χ1v) is 6.70. The van der Waals surface area contributed by atoms with Gasteiger partial charge in [-0.05, 0) is 37.6 Å². The molecule has 0 atom stereocenters. The summed E-state index contributed by atoms with van der Waals surface area (Å²) in [5.41, 5.74) is 1.19. The Morgan fingerprint density at radius 3 is 2.25 bits per heavy atom. The van der Waals surface area contributed by atoms with Crippen molar-refractivity contribution in [1.29, 1.82) is 0 Å². The molecule has 0 aliphatic heterocycles. The highest BCUT2D eigenvalue weighted by molar-refractivity contribution is 5.96. The smallest absolute Gasteiger partial charge is 0.243 e. The molecular formula is C15H20N2O3. The lowest BCUT2D eigenvalue weighted by atomic mass is 10.1. The summed E-state index contributed by atoms with van der Waals surface area (Å²) >= 11 is 0. The van der Waals surface area contributed by atoms with Crippen LogP contribution in [0, 0.1) is 0 Å². The number of rotatable bonds is 7. The molecule has 0 aliphatic carbocycles. The van der Waals surface area contributed by atoms with Crippen molar-refractivity contribution in [2.24, 2.45) is 0 Å². The van der Waals surface area contributed by atoms with Crippen molar-refractivity contribution in [3.63, 3.8) is 0 Å². The average Bonchev–Trinajstić information content (AvgIpc) is 2.43. The number of hydrogen-bond acceptors (Lipinski definition) is 3. The number of ketones is 1. The lowest BCUT2D eigenvalue weighted by Crippen LogP contribution is -2.32. The van der Waals surface area contributed by atoms with Crippen molar-refractivity contribution >= 4 is 23.3 Å². The summed E-state index contributed by atoms with van der Waals surface area (Å²) in [6.45, 7) is 3.45. The monoisotopic (exact) mass is 276 g/mol. The normalized spacial score (nSPS) is 9.90. The van der Waals surface area contributed by atoms with Crippen LogP contribution in [0.3, 0.4) is 0 Å². The zero-order valence-electron chi connectivity index (χ0n) is 11.9. The van der Waals surface area contributed by atoms with Gasteiger partial charge in [-0.25, -0.2) is 0 Å². The van der Waals surface area contributed by atoms with E-state index in [0.717, 1.165) is 12.8 Å². The predicted octanol–water partition coefficient (Wildman–Crippen LogP) is 2.13. The van der Waals surface area contributed by atoms with Gasteiger partial charge in [-0.3, -0.25) is 14.4 Å². The Balaban J connectivity index is 2.38. The van der Waals surface area contributed by atoms with Crippen molar-refractivity contribution in [3.8, 4) is 0 Å². The SMILES string of the molecule is CCCCC(=O)NCC(=O)Nc1ccc(C(C)=O)cc1. The van der Waals surface area contributed by atoms with Gasteiger partial charge in [0.15, 0.2) is 5.78 Å². The van der Waals surface area contributed by atoms with E-state index >= 15 is 0 Å². The molecule has 0 radical (unpaired) electrons. The van der Waals surface area contributed by atoms with E-state index in [1.165, 1.54) is 6.92 Å². The van der Waals surface area contributed by atoms with Crippen molar-refractivity contribution in [2.75, 3.05) is 11.9 Å². The molecule has 20 heavy (non-hydrogen) atoms. The molecule has 5 nitrogen and oxygen atoms in total. The summed E-state index contributed by atoms with van der Waals surface area (Å²) in [5.74, 6) is -0.426. The standard InChI is InChI=1S/C15H20N2O3/c1-3-4-5-14(19)16-10-15(20)17-13-8-6-12(7-9-13)11(2)18/h6-9H,3-5,10H2,1-2H3,(H,16,19)(H,17,20). The third kappa shape index (κ3) is 5.65. The molecule has 0 bridgehead atoms. The maximum atomic E-state index is 11.6. The van der Waals surface area contributed by atoms with Gasteiger partial charge in [0.2, 0.25) is 11.8 Å². The highest BCUT2D eigenvalue weighted by Crippen LogP contribution is 2.09. The molecule has 2 amide bonds. The highest BCUT2D eigenvalue weighted by Gasteiger charge is 2.06. The second kappa shape index (κ2) is 8.09. The number of benzene rings is 1. The predicted molar refractivity (Wildman–Crippen MR) is 77.6 cm³/mol. The van der Waals surface area contributed by atoms with Crippen LogP contribution in [0.25, 0.3) is 0 Å². The summed E-state index contributed by atoms with van der Waals surface area (Å²) in [6.07, 6.45) is 2.21. The fraction of sp³-hybridized carbons (Fsp3) is 0.400. The maximum Gasteiger partial charge on any atom is 0.243 e. The Morgan fingerprint density at radius 1 is 1.05 bits per heavy atom. The molecule has 0 aromatic heterocycles. The van der Waals surface area contributed by atoms with Gasteiger partial charge in [-0.15, -0.1) is 0 Å². The quantitative estimate of drug-likeness (QED) is 0.749. The van der Waals surface area contributed by atoms with Crippen LogP contribution in [0.15, 0.2) is 24.3 Å². The lowest BCUT2D eigenvalue weighted by molar-refractivity contribution is -0.124. The average molecular weight is 276 g/mol. The number of carbonyl (C=O) groups is 3. The number of hydrogen-bond donors (Lipinski definition) is 2. The van der Waals surface area contributed by atoms with Crippen molar-refractivity contribution in [1.82, 2.24) is 5.32 Å². The Kier molecular flexibility index (Phi) is 6.43. The second-order valence-electron chi connectivity index (χ2n) is 4.56. The Morgan fingerprint density at radius 2 is 1.70 bits per heavy atom. The van der Waals surface area contributed by atoms with Crippen molar-refractivity contribution < 1.29 is 14.4 Å². The summed E-state index contributed by atoms with van der Waals surface area (Å²) in [7, 11) is 0. The van der Waals surface area contributed by atoms with E-state index in [1.807, 2.05) is 6.92 Å². The van der Waals surface area contributed by atoms with E-state index in [-0.39, 0.29) is 24.1 Å². The molecule has 1 rings (SSSR count). The Bertz CT molecular complexity index is 480. The minimum absolute atomic E-state index is 0.0222. The topological polar surface area (TPSA) is 75.3 Å². The second-order valence-corrected chi connectivity index (χ2v) is 4.56. The van der Waals surface area contributed by atoms with Crippen molar-refractivity contribution in [3.05, 3.63) is 29.8 Å². The van der Waals surface area contributed by atoms with Gasteiger partial charge in [0, 0.05) is 17.7 Å². The van der Waals surface area contributed by atoms with Crippen LogP contribution in [-0.2, 0) is 9.59 Å². The van der Waals surface area contributed by atoms with Gasteiger partial charge in [-0.1, -0.05) is 13.3 Å². The summed E-state index contributed by atoms with van der Waals surface area (Å²) in [5, 5.41) is 5.22. The minimum Gasteiger partial charge on any atom is -0.347 e. The number of nitrogens with one attached hydrogen (secondary N) is 2. The van der Waals surface area contributed by atoms with Crippen LogP contribution in [0.4, 0.5) is 5.69 Å². The van der Waals surface area contributed by atoms with Crippen LogP contribution < -0.4 is 10.6 Å². The lowest BCUT2D eigenvalue weighted by Gasteiger charge is -2.07. The first kappa shape index (κ1) is 15.9. The van der Waals surface area contributed by atoms with Gasteiger partial charge in [-0.2, -0.15) is 0 Å². The highest BCUT2D eigenvalue weighted by atomic mass is 16.2. The van der Waals surface area contributed by atoms with Gasteiger partial charge in [0.25, 0.3) is 0 Å². The summed E-state index contributed by atoms with van der Waals surface area (Å²) in [6, 6.07) is 6.62. The molecule has 5 heteroatoms. The Hall–Kier alpha value is -2.17. The molecule has 1 aromatic carbocycles. The van der Waals surface area contributed by atoms with E-state index in [1.54, 1.807) is 24.3 Å². The van der Waals surface area contributed by atoms with Crippen LogP contribution in [0.1, 0.15) is 43.5 Å². The van der Waals surface area contributed by atoms with Crippen LogP contribution in [0.5, 0.6) is 0 Å². The third-order valence-electron chi connectivity index (χ3n) is 2.78. The first-order chi connectivity index (χ1) is 9.52. The number of unbranched alkanes of at least 4 members (excludes halogenated alkanes) is 1. The van der Waals surface area contributed by atoms with E-state index in [2.05, 4.69) is 10.6 Å². The first-order valence-electron chi connectivity index (χ1n) is 6.70. The number of amides is 2. The van der Waals surface area contributed by atoms with Gasteiger partial charge in [0.1, 0.15) is 0 Å².